The molecule has 0 unspecified atom stereocenters. The maximum atomic E-state index is 11.3. The molecule has 16 heavy (non-hydrogen) atoms. The third-order valence-electron chi connectivity index (χ3n) is 3.33. The van der Waals surface area contributed by atoms with Gasteiger partial charge in [-0.3, -0.25) is 16.6 Å². The van der Waals surface area contributed by atoms with Gasteiger partial charge in [0.2, 0.25) is 0 Å². The van der Waals surface area contributed by atoms with E-state index in [9.17, 15) is 14.7 Å². The third-order valence-corrected chi connectivity index (χ3v) is 3.33. The molecule has 2 N–H and O–H groups in total. The number of rotatable bonds is 4. The van der Waals surface area contributed by atoms with Gasteiger partial charge in [0.15, 0.2) is 5.91 Å². The fourth-order valence-electron chi connectivity index (χ4n) is 2.41. The smallest absolute Gasteiger partial charge is 0.309 e. The van der Waals surface area contributed by atoms with E-state index in [2.05, 4.69) is 12.4 Å². The number of amides is 1. The predicted octanol–water partition coefficient (Wildman–Crippen LogP) is 1.56. The average molecular weight is 301 g/mol. The number of carbonyl (C=O) groups is 2. The van der Waals surface area contributed by atoms with Crippen LogP contribution in [0.5, 0.6) is 0 Å². The van der Waals surface area contributed by atoms with E-state index in [4.69, 9.17) is 0 Å². The summed E-state index contributed by atoms with van der Waals surface area (Å²) < 4.78 is 0. The van der Waals surface area contributed by atoms with E-state index in [0.717, 1.165) is 12.8 Å². The van der Waals surface area contributed by atoms with Crippen LogP contribution in [-0.2, 0) is 42.3 Å². The Morgan fingerprint density at radius 3 is 2.31 bits per heavy atom. The number of nitrogens with one attached hydrogen (secondary N) is 1. The number of carboxylic acid groups (broad SMARTS) is 1. The van der Waals surface area contributed by atoms with Gasteiger partial charge in [-0.25, -0.2) is 0 Å². The molecule has 0 aromatic heterocycles. The van der Waals surface area contributed by atoms with Gasteiger partial charge in [-0.1, -0.05) is 19.8 Å². The predicted molar refractivity (Wildman–Crippen MR) is 55.8 cm³/mol. The van der Waals surface area contributed by atoms with E-state index in [-0.39, 0.29) is 44.5 Å². The molecule has 4 nitrogen and oxygen atoms in total. The van der Waals surface area contributed by atoms with Crippen LogP contribution in [0.1, 0.15) is 39.0 Å². The van der Waals surface area contributed by atoms with Crippen molar-refractivity contribution in [2.24, 2.45) is 11.3 Å². The van der Waals surface area contributed by atoms with E-state index in [1.165, 1.54) is 0 Å². The minimum atomic E-state index is -0.760. The number of carbonyl (C=O) groups excluding carboxylic acids is 1. The summed E-state index contributed by atoms with van der Waals surface area (Å²) in [6.07, 6.45) is 3.70. The van der Waals surface area contributed by atoms with Crippen LogP contribution in [0.15, 0.2) is 0 Å². The quantitative estimate of drug-likeness (QED) is 0.775. The first-order valence-corrected chi connectivity index (χ1v) is 5.32. The Morgan fingerprint density at radius 1 is 1.44 bits per heavy atom. The molecule has 0 aliphatic heterocycles. The van der Waals surface area contributed by atoms with Crippen molar-refractivity contribution >= 4 is 11.9 Å². The topological polar surface area (TPSA) is 66.4 Å². The minimum absolute atomic E-state index is 0. The van der Waals surface area contributed by atoms with Crippen LogP contribution in [0.3, 0.4) is 0 Å². The molecule has 0 heterocycles. The zero-order valence-electron chi connectivity index (χ0n) is 9.66. The van der Waals surface area contributed by atoms with Gasteiger partial charge in [0, 0.05) is 38.6 Å². The summed E-state index contributed by atoms with van der Waals surface area (Å²) in [6, 6.07) is 0. The molecule has 0 aromatic rings. The maximum absolute atomic E-state index is 11.3. The first-order valence-electron chi connectivity index (χ1n) is 5.32. The summed E-state index contributed by atoms with van der Waals surface area (Å²) in [5, 5.41) is 11.5. The minimum Gasteiger partial charge on any atom is -0.508 e. The first kappa shape index (κ1) is 16.0. The second-order valence-corrected chi connectivity index (χ2v) is 4.44. The zero-order valence-corrected chi connectivity index (χ0v) is 12.5. The average Bonchev–Trinajstić information content (AvgIpc) is 2.66. The van der Waals surface area contributed by atoms with Crippen molar-refractivity contribution < 1.29 is 47.4 Å². The van der Waals surface area contributed by atoms with Gasteiger partial charge in [0.05, 0.1) is 5.41 Å². The Morgan fingerprint density at radius 2 is 1.94 bits per heavy atom. The molecule has 1 fully saturated rings. The molecule has 1 saturated carbocycles. The van der Waals surface area contributed by atoms with Gasteiger partial charge in [-0.05, 0) is 19.3 Å². The van der Waals surface area contributed by atoms with Crippen LogP contribution in [0.2, 0.25) is 0 Å². The van der Waals surface area contributed by atoms with Crippen molar-refractivity contribution in [2.75, 3.05) is 0 Å². The molecule has 89 valence electrons. The molecular formula is C11H18NO3Y-. The second kappa shape index (κ2) is 6.70. The molecule has 1 rings (SSSR count). The number of hydrogen-bond acceptors (Lipinski definition) is 2. The van der Waals surface area contributed by atoms with Crippen molar-refractivity contribution in [3.8, 4) is 0 Å². The molecular weight excluding hydrogens is 283 g/mol. The molecule has 1 aliphatic carbocycles. The van der Waals surface area contributed by atoms with Crippen LogP contribution in [0, 0.1) is 18.4 Å². The fourth-order valence-corrected chi connectivity index (χ4v) is 2.41. The SMILES string of the molecule is [CH2-]NC(=O)[C@H](C)CC1(C(=O)O)CCCC1.[Y]. The van der Waals surface area contributed by atoms with E-state index < -0.39 is 11.4 Å². The molecule has 1 aliphatic rings. The number of aliphatic carboxylic acids is 1. The summed E-state index contributed by atoms with van der Waals surface area (Å²) >= 11 is 0. The Kier molecular flexibility index (Phi) is 6.72. The van der Waals surface area contributed by atoms with Crippen molar-refractivity contribution in [3.63, 3.8) is 0 Å². The standard InChI is InChI=1S/C11H18NO3.Y/c1-8(9(13)12-2)7-11(10(14)15)5-3-4-6-11;/h8H,2-7H2,1H3,(H,12,13)(H,14,15);/q-1;/t8-;/m1./s1. The molecule has 0 aromatic carbocycles. The molecule has 0 saturated heterocycles. The van der Waals surface area contributed by atoms with Gasteiger partial charge in [-0.2, -0.15) is 0 Å². The van der Waals surface area contributed by atoms with Gasteiger partial charge >= 0.3 is 5.97 Å². The van der Waals surface area contributed by atoms with Crippen molar-refractivity contribution in [3.05, 3.63) is 7.05 Å². The number of carboxylic acids is 1. The summed E-state index contributed by atoms with van der Waals surface area (Å²) in [7, 11) is 3.30. The molecule has 5 heteroatoms. The molecule has 1 atom stereocenters. The second-order valence-electron chi connectivity index (χ2n) is 4.44. The van der Waals surface area contributed by atoms with Gasteiger partial charge in [-0.15, -0.1) is 0 Å². The summed E-state index contributed by atoms with van der Waals surface area (Å²) in [5.41, 5.74) is -0.675. The van der Waals surface area contributed by atoms with Gasteiger partial charge in [0.25, 0.3) is 0 Å². The Balaban J connectivity index is 0.00000225. The van der Waals surface area contributed by atoms with Crippen molar-refractivity contribution in [1.29, 1.82) is 0 Å². The molecule has 0 bridgehead atoms. The Bertz CT molecular complexity index is 262. The first-order chi connectivity index (χ1) is 7.02. The Hall–Kier alpha value is 0.0439. The normalized spacial score (nSPS) is 19.6. The molecule has 1 radical (unpaired) electrons. The van der Waals surface area contributed by atoms with E-state index in [1.807, 2.05) is 0 Å². The summed E-state index contributed by atoms with van der Waals surface area (Å²) in [5.74, 6) is -1.22. The van der Waals surface area contributed by atoms with E-state index in [1.54, 1.807) is 6.92 Å². The Labute approximate surface area is 121 Å². The number of hydrogen-bond donors (Lipinski definition) is 2. The molecule has 0 spiro atoms. The van der Waals surface area contributed by atoms with Gasteiger partial charge in [0.1, 0.15) is 0 Å². The third kappa shape index (κ3) is 3.52. The summed E-state index contributed by atoms with van der Waals surface area (Å²) in [6.45, 7) is 1.75. The van der Waals surface area contributed by atoms with Crippen LogP contribution < -0.4 is 5.32 Å². The zero-order chi connectivity index (χ0) is 11.5. The summed E-state index contributed by atoms with van der Waals surface area (Å²) in [4.78, 5) is 22.5. The monoisotopic (exact) mass is 301 g/mol. The largest absolute Gasteiger partial charge is 0.508 e. The van der Waals surface area contributed by atoms with E-state index in [0.29, 0.717) is 19.3 Å². The fraction of sp³-hybridized carbons (Fsp3) is 0.727. The molecule has 1 amide bonds. The maximum Gasteiger partial charge on any atom is 0.309 e. The van der Waals surface area contributed by atoms with Crippen LogP contribution in [-0.4, -0.2) is 17.0 Å². The van der Waals surface area contributed by atoms with E-state index >= 15 is 0 Å². The van der Waals surface area contributed by atoms with Crippen molar-refractivity contribution in [2.45, 2.75) is 39.0 Å². The van der Waals surface area contributed by atoms with Crippen LogP contribution in [0.4, 0.5) is 0 Å². The van der Waals surface area contributed by atoms with Crippen molar-refractivity contribution in [1.82, 2.24) is 5.32 Å². The van der Waals surface area contributed by atoms with Crippen LogP contribution in [0.25, 0.3) is 0 Å². The van der Waals surface area contributed by atoms with Crippen LogP contribution >= 0.6 is 0 Å². The van der Waals surface area contributed by atoms with Gasteiger partial charge < -0.3 is 10.4 Å².